The second-order valence-electron chi connectivity index (χ2n) is 34.4. The van der Waals surface area contributed by atoms with Crippen LogP contribution in [0.1, 0.15) is 220 Å². The maximum absolute atomic E-state index is 12.1. The van der Waals surface area contributed by atoms with Crippen molar-refractivity contribution in [1.29, 1.82) is 0 Å². The van der Waals surface area contributed by atoms with Gasteiger partial charge < -0.3 is 42.3 Å². The van der Waals surface area contributed by atoms with Gasteiger partial charge in [0.1, 0.15) is 5.82 Å². The normalized spacial score (nSPS) is 13.9. The Hall–Kier alpha value is -16.1. The maximum Gasteiger partial charge on any atom is 0.307 e. The summed E-state index contributed by atoms with van der Waals surface area (Å²) in [4.78, 5) is 83.7. The average Bonchev–Trinajstić information content (AvgIpc) is 1.55. The molecule has 1 fully saturated rings. The molecule has 15 aromatic rings. The second kappa shape index (κ2) is 52.9. The number of nitrogens with two attached hydrogens (primary N) is 2. The van der Waals surface area contributed by atoms with Gasteiger partial charge in [-0.25, -0.2) is 4.98 Å². The van der Waals surface area contributed by atoms with E-state index in [0.29, 0.717) is 111 Å². The largest absolute Gasteiger partial charge is 0.481 e. The van der Waals surface area contributed by atoms with Crippen LogP contribution in [0, 0.1) is 29.6 Å². The number of benzene rings is 7. The van der Waals surface area contributed by atoms with Gasteiger partial charge in [-0.3, -0.25) is 38.7 Å². The number of rotatable bonds is 42. The first-order valence-corrected chi connectivity index (χ1v) is 47.1. The molecular weight excluding hydrogens is 1780 g/mol. The van der Waals surface area contributed by atoms with Gasteiger partial charge in [-0.15, -0.1) is 51.0 Å². The number of carbonyl (C=O) groups is 6. The molecule has 1 amide bonds. The number of anilines is 1. The Balaban J connectivity index is 0.000000157. The molecule has 16 rings (SSSR count). The summed E-state index contributed by atoms with van der Waals surface area (Å²) in [6.45, 7) is 12.0. The van der Waals surface area contributed by atoms with Gasteiger partial charge in [0.05, 0.1) is 29.6 Å². The van der Waals surface area contributed by atoms with Crippen LogP contribution in [-0.4, -0.2) is 192 Å². The number of nitrogen functional groups attached to an aromatic ring is 1. The number of aliphatic carboxylic acids is 5. The molecule has 726 valence electrons. The van der Waals surface area contributed by atoms with Gasteiger partial charge in [-0.2, -0.15) is 26.1 Å². The highest BCUT2D eigenvalue weighted by atomic mass is 16.4. The summed E-state index contributed by atoms with van der Waals surface area (Å²) < 4.78 is 0. The number of pyridine rings is 3. The number of carboxylic acid groups (broad SMARTS) is 5. The summed E-state index contributed by atoms with van der Waals surface area (Å²) in [5.41, 5.74) is 28.1. The predicted molar refractivity (Wildman–Crippen MR) is 524 cm³/mol. The number of aromatic nitrogens is 23. The van der Waals surface area contributed by atoms with E-state index < -0.39 is 71.3 Å². The van der Waals surface area contributed by atoms with E-state index in [1.807, 2.05) is 186 Å². The Labute approximate surface area is 809 Å². The summed E-state index contributed by atoms with van der Waals surface area (Å²) in [5, 5.41) is 124. The SMILES string of the molecule is CCC[C@H](C(=O)O)[C@H](Cc1ccccc1-c1ccc(C2CCNCC2)cc1)c1nn[nH]n1.CCC[C@H](C(=O)O)[C@H](Cc1ccccc1-c1ccc(N)nc1)c1nn[nH]n1.CCC[C@H](C(=O)O)[C@H](Cc1ccccc1-c1cccc(C(N)=O)c1)c1nn[nH]n1.CCC[C@H](C(=O)O)[C@H](Cc1ccccc1-c1cccnc1)c1nn[nH]n1.CCC[C@H](C(=O)O)[C@H](Cc1ccccc1-c1ccncc1)c1nn[nH]n1. The van der Waals surface area contributed by atoms with Crippen molar-refractivity contribution in [2.24, 2.45) is 35.3 Å². The lowest BCUT2D eigenvalue weighted by atomic mass is 9.81. The molecule has 0 aliphatic carbocycles. The molecule has 0 bridgehead atoms. The Morgan fingerprint density at radius 3 is 0.936 bits per heavy atom. The highest BCUT2D eigenvalue weighted by molar-refractivity contribution is 5.94. The van der Waals surface area contributed by atoms with Gasteiger partial charge in [0.25, 0.3) is 0 Å². The molecule has 7 aromatic carbocycles. The Morgan fingerprint density at radius 2 is 0.643 bits per heavy atom. The second-order valence-corrected chi connectivity index (χ2v) is 34.4. The third-order valence-electron chi connectivity index (χ3n) is 25.3. The van der Waals surface area contributed by atoms with Crippen LogP contribution >= 0.6 is 0 Å². The molecule has 8 aromatic heterocycles. The number of primary amides is 1. The van der Waals surface area contributed by atoms with Gasteiger partial charge in [0.2, 0.25) is 5.91 Å². The topological polar surface area (TPSA) is 579 Å². The van der Waals surface area contributed by atoms with Crippen LogP contribution in [0.4, 0.5) is 5.82 Å². The van der Waals surface area contributed by atoms with Crippen LogP contribution in [0.5, 0.6) is 0 Å². The first-order chi connectivity index (χ1) is 68.2. The van der Waals surface area contributed by atoms with Crippen LogP contribution < -0.4 is 16.8 Å². The molecular formula is C103H118N26O11. The van der Waals surface area contributed by atoms with E-state index in [1.54, 1.807) is 49.1 Å². The first kappa shape index (κ1) is 103. The lowest BCUT2D eigenvalue weighted by molar-refractivity contribution is -0.144. The molecule has 1 aliphatic heterocycles. The summed E-state index contributed by atoms with van der Waals surface area (Å²) in [5.74, 6) is -6.30. The van der Waals surface area contributed by atoms with E-state index in [9.17, 15) is 54.3 Å². The van der Waals surface area contributed by atoms with Crippen molar-refractivity contribution in [1.82, 2.24) is 123 Å². The molecule has 37 heteroatoms. The van der Waals surface area contributed by atoms with E-state index in [4.69, 9.17) is 11.5 Å². The maximum atomic E-state index is 12.1. The molecule has 140 heavy (non-hydrogen) atoms. The Bertz CT molecular complexity index is 6160. The molecule has 0 saturated carbocycles. The summed E-state index contributed by atoms with van der Waals surface area (Å²) >= 11 is 0. The summed E-state index contributed by atoms with van der Waals surface area (Å²) in [6, 6.07) is 67.1. The average molecular weight is 1900 g/mol. The Morgan fingerprint density at radius 1 is 0.336 bits per heavy atom. The van der Waals surface area contributed by atoms with Gasteiger partial charge in [-0.1, -0.05) is 257 Å². The fraction of sp³-hybridized carbons (Fsp3) is 0.340. The molecule has 37 nitrogen and oxygen atoms in total. The third kappa shape index (κ3) is 28.3. The monoisotopic (exact) mass is 1890 g/mol. The van der Waals surface area contributed by atoms with E-state index in [2.05, 4.69) is 160 Å². The van der Waals surface area contributed by atoms with Crippen LogP contribution in [0.2, 0.25) is 0 Å². The number of H-pyrrole nitrogens is 5. The predicted octanol–water partition coefficient (Wildman–Crippen LogP) is 15.8. The van der Waals surface area contributed by atoms with Gasteiger partial charge in [-0.05, 0) is 216 Å². The number of nitrogens with one attached hydrogen (secondary N) is 6. The van der Waals surface area contributed by atoms with Crippen LogP contribution in [0.15, 0.2) is 237 Å². The van der Waals surface area contributed by atoms with Gasteiger partial charge in [0, 0.05) is 77.3 Å². The van der Waals surface area contributed by atoms with Crippen molar-refractivity contribution in [3.63, 3.8) is 0 Å². The minimum absolute atomic E-state index is 0.346. The minimum atomic E-state index is -0.880. The quantitative estimate of drug-likeness (QED) is 0.0169. The van der Waals surface area contributed by atoms with Crippen LogP contribution in [0.3, 0.4) is 0 Å². The summed E-state index contributed by atoms with van der Waals surface area (Å²) in [7, 11) is 0. The molecule has 0 spiro atoms. The fourth-order valence-corrected chi connectivity index (χ4v) is 18.4. The van der Waals surface area contributed by atoms with Gasteiger partial charge in [0.15, 0.2) is 29.1 Å². The molecule has 1 saturated heterocycles. The van der Waals surface area contributed by atoms with Crippen molar-refractivity contribution >= 4 is 41.6 Å². The number of tetrazole rings is 5. The number of hydrogen-bond acceptors (Lipinski definition) is 26. The minimum Gasteiger partial charge on any atom is -0.481 e. The smallest absolute Gasteiger partial charge is 0.307 e. The zero-order valence-electron chi connectivity index (χ0n) is 78.7. The molecule has 0 unspecified atom stereocenters. The molecule has 9 heterocycles. The zero-order chi connectivity index (χ0) is 99.1. The van der Waals surface area contributed by atoms with E-state index in [-0.39, 0.29) is 23.7 Å². The number of hydrogen-bond donors (Lipinski definition) is 13. The van der Waals surface area contributed by atoms with Crippen molar-refractivity contribution in [3.05, 3.63) is 305 Å². The lowest BCUT2D eigenvalue weighted by Crippen LogP contribution is -2.26. The lowest BCUT2D eigenvalue weighted by Gasteiger charge is -2.24. The van der Waals surface area contributed by atoms with E-state index in [1.165, 1.54) is 18.4 Å². The molecule has 10 atom stereocenters. The molecule has 0 radical (unpaired) electrons. The third-order valence-corrected chi connectivity index (χ3v) is 25.3. The standard InChI is InChI=1S/C25H31N5O2.C21H23N5O3.C19H22N6O2.2C19H21N5O2/c1-2-5-22(25(31)32)23(24-27-29-30-28-24)16-20-6-3-4-7-21(20)19-10-8-17(9-11-19)18-12-14-26-15-13-18;1-2-6-17(21(28)29)18(20-23-25-26-24-20)12-14-7-3-4-10-16(14)13-8-5-9-15(11-13)19(22)27;1-2-5-15(19(26)27)16(18-22-24-25-23-18)10-12-6-3-4-7-14(12)13-8-9-17(20)21-11-13;1-2-6-16(19(25)26)17(18-21-23-24-22-18)11-13-7-3-4-9-15(13)14-8-5-10-20-12-14;1-2-5-16(19(25)26)17(18-21-23-24-22-18)12-14-6-3-4-7-15(14)13-8-10-20-11-9-13/h3-4,6-11,18,22-23,26H,2,5,12-16H2,1H3,(H,31,32)(H,27,28,29,30);3-5,7-11,17-18H,2,6,12H2,1H3,(H2,22,27)(H,28,29)(H,23,24,25,26);3-4,6-9,11,15-16H,2,5,10H2,1H3,(H2,20,21)(H,26,27)(H,22,23,24,25);3-5,7-10,12,16-17H,2,6,11H2,1H3,(H,25,26)(H,21,22,23,24);3-4,6-11,16-17H,2,5,12H2,1H3,(H,25,26)(H,21,22,23,24)/t22-,23-;17-,18-;15-,16-;2*16-,17-/m00000/s1. The highest BCUT2D eigenvalue weighted by Crippen LogP contribution is 2.41. The summed E-state index contributed by atoms with van der Waals surface area (Å²) in [6.07, 6.45) is 20.2. The number of piperidine rings is 1. The van der Waals surface area contributed by atoms with Crippen molar-refractivity contribution in [2.75, 3.05) is 18.8 Å². The van der Waals surface area contributed by atoms with Crippen molar-refractivity contribution in [2.45, 2.75) is 179 Å². The van der Waals surface area contributed by atoms with Crippen molar-refractivity contribution < 1.29 is 54.3 Å². The van der Waals surface area contributed by atoms with Crippen LogP contribution in [-0.2, 0) is 56.1 Å². The number of amides is 1. The molecule has 1 aliphatic rings. The fourth-order valence-electron chi connectivity index (χ4n) is 18.4. The van der Waals surface area contributed by atoms with Gasteiger partial charge >= 0.3 is 29.8 Å². The number of carbonyl (C=O) groups excluding carboxylic acids is 1. The van der Waals surface area contributed by atoms with Crippen molar-refractivity contribution in [3.8, 4) is 55.6 Å². The van der Waals surface area contributed by atoms with Crippen LogP contribution in [0.25, 0.3) is 55.6 Å². The highest BCUT2D eigenvalue weighted by Gasteiger charge is 2.38. The Kier molecular flexibility index (Phi) is 38.8. The van der Waals surface area contributed by atoms with E-state index >= 15 is 0 Å². The number of nitrogens with zero attached hydrogens (tertiary/aromatic N) is 18. The number of aromatic amines is 5. The molecule has 15 N–H and O–H groups in total. The zero-order valence-corrected chi connectivity index (χ0v) is 78.7. The first-order valence-electron chi connectivity index (χ1n) is 47.1. The van der Waals surface area contributed by atoms with E-state index in [0.717, 1.165) is 129 Å². The number of carboxylic acids is 5.